The highest BCUT2D eigenvalue weighted by Crippen LogP contribution is 2.27. The number of ether oxygens (including phenoxy) is 1. The van der Waals surface area contributed by atoms with Crippen LogP contribution in [0.3, 0.4) is 0 Å². The summed E-state index contributed by atoms with van der Waals surface area (Å²) in [7, 11) is 1.67. The largest absolute Gasteiger partial charge is 0.497 e. The van der Waals surface area contributed by atoms with Crippen molar-refractivity contribution in [3.8, 4) is 16.9 Å². The molecule has 0 atom stereocenters. The molecule has 0 aliphatic carbocycles. The standard InChI is InChI=1S/C15H14O/c1-3-12-11-14(16-2)9-10-15(12)13-7-5-4-6-8-13/h3-11H,1H2,2H3. The smallest absolute Gasteiger partial charge is 0.119 e. The third kappa shape index (κ3) is 1.98. The minimum Gasteiger partial charge on any atom is -0.497 e. The van der Waals surface area contributed by atoms with Gasteiger partial charge in [0, 0.05) is 0 Å². The van der Waals surface area contributed by atoms with Crippen molar-refractivity contribution in [2.24, 2.45) is 0 Å². The van der Waals surface area contributed by atoms with Crippen LogP contribution in [0.15, 0.2) is 55.1 Å². The van der Waals surface area contributed by atoms with Gasteiger partial charge in [-0.15, -0.1) is 0 Å². The van der Waals surface area contributed by atoms with Crippen LogP contribution in [0.1, 0.15) is 5.56 Å². The van der Waals surface area contributed by atoms with Gasteiger partial charge in [0.1, 0.15) is 5.75 Å². The molecule has 16 heavy (non-hydrogen) atoms. The summed E-state index contributed by atoms with van der Waals surface area (Å²) in [6, 6.07) is 16.3. The Morgan fingerprint density at radius 3 is 2.44 bits per heavy atom. The van der Waals surface area contributed by atoms with Crippen molar-refractivity contribution < 1.29 is 4.74 Å². The lowest BCUT2D eigenvalue weighted by atomic mass is 9.99. The Bertz CT molecular complexity index is 486. The van der Waals surface area contributed by atoms with E-state index in [1.807, 2.05) is 36.4 Å². The van der Waals surface area contributed by atoms with Crippen LogP contribution in [0.25, 0.3) is 17.2 Å². The second-order valence-corrected chi connectivity index (χ2v) is 3.52. The topological polar surface area (TPSA) is 9.23 Å². The zero-order valence-corrected chi connectivity index (χ0v) is 9.31. The van der Waals surface area contributed by atoms with Crippen LogP contribution in [0.5, 0.6) is 5.75 Å². The van der Waals surface area contributed by atoms with Crippen molar-refractivity contribution in [3.05, 3.63) is 60.7 Å². The molecule has 0 unspecified atom stereocenters. The van der Waals surface area contributed by atoms with Crippen LogP contribution in [-0.2, 0) is 0 Å². The first-order valence-electron chi connectivity index (χ1n) is 5.21. The van der Waals surface area contributed by atoms with E-state index in [4.69, 9.17) is 4.74 Å². The maximum absolute atomic E-state index is 5.20. The van der Waals surface area contributed by atoms with E-state index in [2.05, 4.69) is 24.8 Å². The van der Waals surface area contributed by atoms with Crippen molar-refractivity contribution in [2.45, 2.75) is 0 Å². The Balaban J connectivity index is 2.53. The first-order valence-corrected chi connectivity index (χ1v) is 5.21. The molecule has 0 bridgehead atoms. The van der Waals surface area contributed by atoms with Gasteiger partial charge in [-0.3, -0.25) is 0 Å². The summed E-state index contributed by atoms with van der Waals surface area (Å²) in [6.45, 7) is 3.84. The third-order valence-corrected chi connectivity index (χ3v) is 2.56. The maximum atomic E-state index is 5.20. The summed E-state index contributed by atoms with van der Waals surface area (Å²) in [5.74, 6) is 0.856. The Kier molecular flexibility index (Phi) is 3.06. The van der Waals surface area contributed by atoms with Gasteiger partial charge in [-0.2, -0.15) is 0 Å². The van der Waals surface area contributed by atoms with Gasteiger partial charge in [0.05, 0.1) is 7.11 Å². The summed E-state index contributed by atoms with van der Waals surface area (Å²) in [4.78, 5) is 0. The van der Waals surface area contributed by atoms with Crippen LogP contribution < -0.4 is 4.74 Å². The average Bonchev–Trinajstić information content (AvgIpc) is 2.39. The number of methoxy groups -OCH3 is 1. The molecular weight excluding hydrogens is 196 g/mol. The predicted octanol–water partition coefficient (Wildman–Crippen LogP) is 4.01. The van der Waals surface area contributed by atoms with E-state index in [0.29, 0.717) is 0 Å². The van der Waals surface area contributed by atoms with E-state index >= 15 is 0 Å². The molecule has 80 valence electrons. The molecule has 0 saturated heterocycles. The molecule has 0 aliphatic rings. The summed E-state index contributed by atoms with van der Waals surface area (Å²) in [5, 5.41) is 0. The fourth-order valence-corrected chi connectivity index (χ4v) is 1.72. The van der Waals surface area contributed by atoms with Gasteiger partial charge in [0.15, 0.2) is 0 Å². The van der Waals surface area contributed by atoms with Crippen LogP contribution in [0.4, 0.5) is 0 Å². The minimum atomic E-state index is 0.856. The van der Waals surface area contributed by atoms with E-state index in [1.165, 1.54) is 11.1 Å². The first-order chi connectivity index (χ1) is 7.85. The van der Waals surface area contributed by atoms with E-state index < -0.39 is 0 Å². The summed E-state index contributed by atoms with van der Waals surface area (Å²) in [5.41, 5.74) is 3.46. The van der Waals surface area contributed by atoms with Crippen molar-refractivity contribution in [2.75, 3.05) is 7.11 Å². The van der Waals surface area contributed by atoms with Gasteiger partial charge in [-0.25, -0.2) is 0 Å². The molecule has 0 radical (unpaired) electrons. The molecule has 0 heterocycles. The molecule has 0 saturated carbocycles. The molecule has 0 spiro atoms. The second-order valence-electron chi connectivity index (χ2n) is 3.52. The minimum absolute atomic E-state index is 0.856. The van der Waals surface area contributed by atoms with E-state index in [1.54, 1.807) is 7.11 Å². The zero-order valence-electron chi connectivity index (χ0n) is 9.31. The molecule has 2 aromatic rings. The number of rotatable bonds is 3. The fraction of sp³-hybridized carbons (Fsp3) is 0.0667. The quantitative estimate of drug-likeness (QED) is 0.743. The Morgan fingerprint density at radius 2 is 1.81 bits per heavy atom. The summed E-state index contributed by atoms with van der Waals surface area (Å²) >= 11 is 0. The lowest BCUT2D eigenvalue weighted by Crippen LogP contribution is -1.87. The summed E-state index contributed by atoms with van der Waals surface area (Å²) in [6.07, 6.45) is 1.85. The van der Waals surface area contributed by atoms with E-state index in [-0.39, 0.29) is 0 Å². The molecule has 2 rings (SSSR count). The Morgan fingerprint density at radius 1 is 1.06 bits per heavy atom. The van der Waals surface area contributed by atoms with Crippen molar-refractivity contribution >= 4 is 6.08 Å². The van der Waals surface area contributed by atoms with Crippen LogP contribution in [0.2, 0.25) is 0 Å². The molecule has 0 amide bonds. The number of benzene rings is 2. The molecule has 1 heteroatoms. The highest BCUT2D eigenvalue weighted by molar-refractivity contribution is 5.75. The lowest BCUT2D eigenvalue weighted by molar-refractivity contribution is 0.415. The average molecular weight is 210 g/mol. The highest BCUT2D eigenvalue weighted by atomic mass is 16.5. The molecule has 0 aromatic heterocycles. The van der Waals surface area contributed by atoms with Crippen molar-refractivity contribution in [1.82, 2.24) is 0 Å². The van der Waals surface area contributed by atoms with Crippen molar-refractivity contribution in [3.63, 3.8) is 0 Å². The third-order valence-electron chi connectivity index (χ3n) is 2.56. The number of hydrogen-bond donors (Lipinski definition) is 0. The summed E-state index contributed by atoms with van der Waals surface area (Å²) < 4.78 is 5.20. The van der Waals surface area contributed by atoms with Crippen LogP contribution >= 0.6 is 0 Å². The van der Waals surface area contributed by atoms with Gasteiger partial charge in [0.2, 0.25) is 0 Å². The normalized spacial score (nSPS) is 9.81. The van der Waals surface area contributed by atoms with Crippen molar-refractivity contribution in [1.29, 1.82) is 0 Å². The van der Waals surface area contributed by atoms with E-state index in [0.717, 1.165) is 11.3 Å². The highest BCUT2D eigenvalue weighted by Gasteiger charge is 2.03. The predicted molar refractivity (Wildman–Crippen MR) is 68.5 cm³/mol. The van der Waals surface area contributed by atoms with Gasteiger partial charge < -0.3 is 4.74 Å². The molecule has 0 N–H and O–H groups in total. The fourth-order valence-electron chi connectivity index (χ4n) is 1.72. The Labute approximate surface area is 96.0 Å². The second kappa shape index (κ2) is 4.67. The maximum Gasteiger partial charge on any atom is 0.119 e. The molecule has 1 nitrogen and oxygen atoms in total. The SMILES string of the molecule is C=Cc1cc(OC)ccc1-c1ccccc1. The molecule has 2 aromatic carbocycles. The lowest BCUT2D eigenvalue weighted by Gasteiger charge is -2.08. The molecule has 0 fully saturated rings. The van der Waals surface area contributed by atoms with E-state index in [9.17, 15) is 0 Å². The number of hydrogen-bond acceptors (Lipinski definition) is 1. The van der Waals surface area contributed by atoms with Crippen LogP contribution in [-0.4, -0.2) is 7.11 Å². The van der Waals surface area contributed by atoms with Gasteiger partial charge >= 0.3 is 0 Å². The van der Waals surface area contributed by atoms with Gasteiger partial charge in [-0.1, -0.05) is 49.1 Å². The molecular formula is C15H14O. The van der Waals surface area contributed by atoms with Gasteiger partial charge in [0.25, 0.3) is 0 Å². The monoisotopic (exact) mass is 210 g/mol. The van der Waals surface area contributed by atoms with Gasteiger partial charge in [-0.05, 0) is 28.8 Å². The van der Waals surface area contributed by atoms with Crippen LogP contribution in [0, 0.1) is 0 Å². The zero-order chi connectivity index (χ0) is 11.4. The Hall–Kier alpha value is -2.02. The first kappa shape index (κ1) is 10.5. The molecule has 0 aliphatic heterocycles.